The number of carbonyl (C=O) groups excluding carboxylic acids is 1. The Balaban J connectivity index is 2.19. The van der Waals surface area contributed by atoms with E-state index < -0.39 is 5.95 Å². The lowest BCUT2D eigenvalue weighted by molar-refractivity contribution is 0.102. The summed E-state index contributed by atoms with van der Waals surface area (Å²) < 4.78 is 12.6. The summed E-state index contributed by atoms with van der Waals surface area (Å²) in [6.45, 7) is 3.87. The Morgan fingerprint density at radius 3 is 2.39 bits per heavy atom. The van der Waals surface area contributed by atoms with Gasteiger partial charge in [-0.2, -0.15) is 4.39 Å². The Hall–Kier alpha value is -2.23. The second-order valence-electron chi connectivity index (χ2n) is 4.20. The highest BCUT2D eigenvalue weighted by molar-refractivity contribution is 6.04. The third-order valence-electron chi connectivity index (χ3n) is 2.47. The molecule has 0 atom stereocenters. The van der Waals surface area contributed by atoms with Gasteiger partial charge < -0.3 is 5.32 Å². The fourth-order valence-electron chi connectivity index (χ4n) is 1.76. The van der Waals surface area contributed by atoms with Crippen molar-refractivity contribution in [3.63, 3.8) is 0 Å². The lowest BCUT2D eigenvalue weighted by Crippen LogP contribution is -2.12. The van der Waals surface area contributed by atoms with Gasteiger partial charge in [0.05, 0.1) is 11.9 Å². The number of nitrogens with one attached hydrogen (secondary N) is 1. The van der Waals surface area contributed by atoms with Gasteiger partial charge in [0.2, 0.25) is 5.95 Å². The lowest BCUT2D eigenvalue weighted by Gasteiger charge is -2.06. The van der Waals surface area contributed by atoms with E-state index in [0.29, 0.717) is 11.3 Å². The van der Waals surface area contributed by atoms with E-state index in [-0.39, 0.29) is 5.91 Å². The van der Waals surface area contributed by atoms with Crippen LogP contribution in [-0.4, -0.2) is 10.9 Å². The van der Waals surface area contributed by atoms with E-state index in [1.807, 2.05) is 19.9 Å². The first kappa shape index (κ1) is 12.2. The maximum absolute atomic E-state index is 12.6. The number of aryl methyl sites for hydroxylation is 2. The van der Waals surface area contributed by atoms with Gasteiger partial charge in [-0.25, -0.2) is 4.98 Å². The monoisotopic (exact) mass is 244 g/mol. The predicted octanol–water partition coefficient (Wildman–Crippen LogP) is 3.09. The van der Waals surface area contributed by atoms with Crippen LogP contribution in [0.3, 0.4) is 0 Å². The summed E-state index contributed by atoms with van der Waals surface area (Å²) in [5.74, 6) is -0.797. The smallest absolute Gasteiger partial charge is 0.255 e. The standard InChI is InChI=1S/C14H13FN2O/c1-9-5-10(2)7-11(6-9)14(18)17-12-3-4-13(15)16-8-12/h3-8H,1-2H3,(H,17,18). The number of aromatic nitrogens is 1. The molecule has 18 heavy (non-hydrogen) atoms. The Bertz CT molecular complexity index is 559. The van der Waals surface area contributed by atoms with Gasteiger partial charge in [0.25, 0.3) is 5.91 Å². The number of amides is 1. The second-order valence-corrected chi connectivity index (χ2v) is 4.20. The summed E-state index contributed by atoms with van der Waals surface area (Å²) in [5, 5.41) is 2.67. The van der Waals surface area contributed by atoms with E-state index in [9.17, 15) is 9.18 Å². The van der Waals surface area contributed by atoms with E-state index >= 15 is 0 Å². The minimum absolute atomic E-state index is 0.227. The van der Waals surface area contributed by atoms with E-state index in [0.717, 1.165) is 11.1 Å². The molecule has 0 saturated carbocycles. The van der Waals surface area contributed by atoms with Crippen molar-refractivity contribution in [2.24, 2.45) is 0 Å². The average Bonchev–Trinajstić information content (AvgIpc) is 2.31. The van der Waals surface area contributed by atoms with Crippen LogP contribution in [0.5, 0.6) is 0 Å². The topological polar surface area (TPSA) is 42.0 Å². The molecular weight excluding hydrogens is 231 g/mol. The first-order valence-electron chi connectivity index (χ1n) is 5.56. The normalized spacial score (nSPS) is 10.2. The van der Waals surface area contributed by atoms with Crippen LogP contribution in [0, 0.1) is 19.8 Å². The van der Waals surface area contributed by atoms with Gasteiger partial charge in [0.1, 0.15) is 0 Å². The van der Waals surface area contributed by atoms with Crippen LogP contribution in [0.25, 0.3) is 0 Å². The van der Waals surface area contributed by atoms with Crippen molar-refractivity contribution in [2.45, 2.75) is 13.8 Å². The number of hydrogen-bond acceptors (Lipinski definition) is 2. The van der Waals surface area contributed by atoms with Gasteiger partial charge >= 0.3 is 0 Å². The van der Waals surface area contributed by atoms with Gasteiger partial charge in [-0.15, -0.1) is 0 Å². The molecule has 2 rings (SSSR count). The van der Waals surface area contributed by atoms with E-state index in [1.54, 1.807) is 12.1 Å². The molecule has 1 N–H and O–H groups in total. The third kappa shape index (κ3) is 2.91. The molecule has 1 amide bonds. The minimum Gasteiger partial charge on any atom is -0.321 e. The van der Waals surface area contributed by atoms with Crippen molar-refractivity contribution >= 4 is 11.6 Å². The molecule has 4 heteroatoms. The zero-order valence-corrected chi connectivity index (χ0v) is 10.2. The summed E-state index contributed by atoms with van der Waals surface area (Å²) >= 11 is 0. The van der Waals surface area contributed by atoms with Gasteiger partial charge in [-0.1, -0.05) is 17.2 Å². The fraction of sp³-hybridized carbons (Fsp3) is 0.143. The number of nitrogens with zero attached hydrogens (tertiary/aromatic N) is 1. The van der Waals surface area contributed by atoms with Crippen LogP contribution in [0.1, 0.15) is 21.5 Å². The molecule has 1 aromatic heterocycles. The zero-order valence-electron chi connectivity index (χ0n) is 10.2. The molecule has 0 radical (unpaired) electrons. The highest BCUT2D eigenvalue weighted by Gasteiger charge is 2.07. The fourth-order valence-corrected chi connectivity index (χ4v) is 1.76. The quantitative estimate of drug-likeness (QED) is 0.825. The Labute approximate surface area is 105 Å². The molecule has 0 spiro atoms. The Morgan fingerprint density at radius 1 is 1.17 bits per heavy atom. The number of hydrogen-bond donors (Lipinski definition) is 1. The predicted molar refractivity (Wildman–Crippen MR) is 68.1 cm³/mol. The van der Waals surface area contributed by atoms with E-state index in [2.05, 4.69) is 10.3 Å². The van der Waals surface area contributed by atoms with Gasteiger partial charge in [-0.3, -0.25) is 4.79 Å². The van der Waals surface area contributed by atoms with E-state index in [1.165, 1.54) is 18.3 Å². The number of rotatable bonds is 2. The van der Waals surface area contributed by atoms with Crippen LogP contribution >= 0.6 is 0 Å². The van der Waals surface area contributed by atoms with Crippen molar-refractivity contribution in [2.75, 3.05) is 5.32 Å². The van der Waals surface area contributed by atoms with Crippen LogP contribution in [-0.2, 0) is 0 Å². The molecule has 0 aliphatic carbocycles. The van der Waals surface area contributed by atoms with Crippen LogP contribution in [0.2, 0.25) is 0 Å². The summed E-state index contributed by atoms with van der Waals surface area (Å²) in [6, 6.07) is 8.29. The molecule has 1 heterocycles. The van der Waals surface area contributed by atoms with Crippen LogP contribution in [0.4, 0.5) is 10.1 Å². The number of anilines is 1. The van der Waals surface area contributed by atoms with Gasteiger partial charge in [0.15, 0.2) is 0 Å². The van der Waals surface area contributed by atoms with Crippen molar-refractivity contribution in [3.05, 3.63) is 59.2 Å². The molecule has 0 unspecified atom stereocenters. The van der Waals surface area contributed by atoms with Crippen molar-refractivity contribution in [1.29, 1.82) is 0 Å². The molecule has 3 nitrogen and oxygen atoms in total. The Morgan fingerprint density at radius 2 is 1.83 bits per heavy atom. The summed E-state index contributed by atoms with van der Waals surface area (Å²) in [4.78, 5) is 15.5. The van der Waals surface area contributed by atoms with Crippen molar-refractivity contribution < 1.29 is 9.18 Å². The molecule has 0 saturated heterocycles. The highest BCUT2D eigenvalue weighted by Crippen LogP contribution is 2.12. The highest BCUT2D eigenvalue weighted by atomic mass is 19.1. The lowest BCUT2D eigenvalue weighted by atomic mass is 10.1. The number of pyridine rings is 1. The summed E-state index contributed by atoms with van der Waals surface area (Å²) in [5.41, 5.74) is 3.10. The largest absolute Gasteiger partial charge is 0.321 e. The van der Waals surface area contributed by atoms with Gasteiger partial charge in [-0.05, 0) is 38.1 Å². The number of benzene rings is 1. The number of carbonyl (C=O) groups is 1. The molecule has 0 aliphatic rings. The first-order chi connectivity index (χ1) is 8.54. The molecule has 0 fully saturated rings. The minimum atomic E-state index is -0.570. The van der Waals surface area contributed by atoms with Gasteiger partial charge in [0, 0.05) is 5.56 Å². The Kier molecular flexibility index (Phi) is 3.37. The molecule has 92 valence electrons. The molecule has 0 aliphatic heterocycles. The summed E-state index contributed by atoms with van der Waals surface area (Å²) in [7, 11) is 0. The molecule has 1 aromatic carbocycles. The molecule has 0 bridgehead atoms. The zero-order chi connectivity index (χ0) is 13.1. The van der Waals surface area contributed by atoms with Crippen LogP contribution in [0.15, 0.2) is 36.5 Å². The SMILES string of the molecule is Cc1cc(C)cc(C(=O)Nc2ccc(F)nc2)c1. The molecular formula is C14H13FN2O. The van der Waals surface area contributed by atoms with Crippen molar-refractivity contribution in [1.82, 2.24) is 4.98 Å². The summed E-state index contributed by atoms with van der Waals surface area (Å²) in [6.07, 6.45) is 1.29. The maximum atomic E-state index is 12.6. The van der Waals surface area contributed by atoms with Crippen LogP contribution < -0.4 is 5.32 Å². The van der Waals surface area contributed by atoms with E-state index in [4.69, 9.17) is 0 Å². The van der Waals surface area contributed by atoms with Crippen molar-refractivity contribution in [3.8, 4) is 0 Å². The number of halogens is 1. The average molecular weight is 244 g/mol. The maximum Gasteiger partial charge on any atom is 0.255 e. The third-order valence-corrected chi connectivity index (χ3v) is 2.47. The first-order valence-corrected chi connectivity index (χ1v) is 5.56. The molecule has 2 aromatic rings. The second kappa shape index (κ2) is 4.96.